The molecule has 4 rings (SSSR count). The lowest BCUT2D eigenvalue weighted by atomic mass is 10.2. The molecule has 4 aromatic rings. The van der Waals surface area contributed by atoms with Crippen molar-refractivity contribution in [1.29, 1.82) is 0 Å². The van der Waals surface area contributed by atoms with Crippen molar-refractivity contribution in [2.24, 2.45) is 0 Å². The van der Waals surface area contributed by atoms with Gasteiger partial charge in [-0.25, -0.2) is 12.8 Å². The highest BCUT2D eigenvalue weighted by Gasteiger charge is 2.29. The first kappa shape index (κ1) is 26.0. The third-order valence-corrected chi connectivity index (χ3v) is 7.97. The van der Waals surface area contributed by atoms with E-state index < -0.39 is 28.3 Å². The highest BCUT2D eigenvalue weighted by atomic mass is 32.2. The van der Waals surface area contributed by atoms with Gasteiger partial charge in [0.05, 0.1) is 24.8 Å². The maximum absolute atomic E-state index is 13.6. The minimum atomic E-state index is -4.27. The number of hydrogen-bond acceptors (Lipinski definition) is 8. The van der Waals surface area contributed by atoms with Gasteiger partial charge in [0.25, 0.3) is 10.0 Å². The fraction of sp³-hybridized carbons (Fsp3) is 0.160. The fourth-order valence-corrected chi connectivity index (χ4v) is 5.60. The molecule has 0 fully saturated rings. The summed E-state index contributed by atoms with van der Waals surface area (Å²) in [4.78, 5) is 12.8. The number of nitrogens with zero attached hydrogens (tertiary/aromatic N) is 3. The van der Waals surface area contributed by atoms with E-state index in [0.717, 1.165) is 38.9 Å². The predicted molar refractivity (Wildman–Crippen MR) is 139 cm³/mol. The van der Waals surface area contributed by atoms with Gasteiger partial charge in [-0.3, -0.25) is 14.4 Å². The molecule has 3 aromatic carbocycles. The first-order valence-electron chi connectivity index (χ1n) is 10.9. The van der Waals surface area contributed by atoms with Gasteiger partial charge in [-0.05, 0) is 43.3 Å². The zero-order valence-electron chi connectivity index (χ0n) is 20.1. The second kappa shape index (κ2) is 10.9. The molecule has 192 valence electrons. The predicted octanol–water partition coefficient (Wildman–Crippen LogP) is 4.50. The zero-order chi connectivity index (χ0) is 26.6. The third kappa shape index (κ3) is 5.87. The quantitative estimate of drug-likeness (QED) is 0.331. The van der Waals surface area contributed by atoms with Crippen LogP contribution in [0.4, 0.5) is 15.2 Å². The van der Waals surface area contributed by atoms with Crippen molar-refractivity contribution in [2.45, 2.75) is 11.8 Å². The maximum atomic E-state index is 13.6. The van der Waals surface area contributed by atoms with Crippen LogP contribution < -0.4 is 19.1 Å². The number of carbonyl (C=O) groups is 1. The summed E-state index contributed by atoms with van der Waals surface area (Å²) in [7, 11) is -1.46. The monoisotopic (exact) mass is 542 g/mol. The molecule has 0 saturated carbocycles. The van der Waals surface area contributed by atoms with E-state index >= 15 is 0 Å². The summed E-state index contributed by atoms with van der Waals surface area (Å²) in [6.45, 7) is 1.38. The van der Waals surface area contributed by atoms with Crippen LogP contribution in [0.3, 0.4) is 0 Å². The minimum absolute atomic E-state index is 0.101. The van der Waals surface area contributed by atoms with E-state index in [0.29, 0.717) is 10.8 Å². The number of nitrogens with one attached hydrogen (secondary N) is 1. The lowest BCUT2D eigenvalue weighted by Crippen LogP contribution is -2.38. The maximum Gasteiger partial charge on any atom is 0.264 e. The Morgan fingerprint density at radius 3 is 2.30 bits per heavy atom. The number of carbonyl (C=O) groups excluding carboxylic acids is 1. The molecule has 0 radical (unpaired) electrons. The van der Waals surface area contributed by atoms with Gasteiger partial charge in [-0.15, -0.1) is 10.2 Å². The van der Waals surface area contributed by atoms with Crippen LogP contribution in [-0.2, 0) is 14.8 Å². The van der Waals surface area contributed by atoms with E-state index in [9.17, 15) is 17.6 Å². The third-order valence-electron chi connectivity index (χ3n) is 5.31. The van der Waals surface area contributed by atoms with Gasteiger partial charge >= 0.3 is 0 Å². The van der Waals surface area contributed by atoms with Gasteiger partial charge in [0.2, 0.25) is 11.0 Å². The number of benzene rings is 3. The first-order valence-corrected chi connectivity index (χ1v) is 13.2. The number of aryl methyl sites for hydroxylation is 1. The number of rotatable bonds is 9. The highest BCUT2D eigenvalue weighted by Crippen LogP contribution is 2.32. The van der Waals surface area contributed by atoms with Crippen LogP contribution in [0.15, 0.2) is 71.6 Å². The second-order valence-electron chi connectivity index (χ2n) is 7.83. The minimum Gasteiger partial charge on any atom is -0.493 e. The number of anilines is 2. The Balaban J connectivity index is 1.61. The van der Waals surface area contributed by atoms with Crippen molar-refractivity contribution >= 4 is 38.1 Å². The smallest absolute Gasteiger partial charge is 0.264 e. The molecule has 0 unspecified atom stereocenters. The molecule has 0 bridgehead atoms. The highest BCUT2D eigenvalue weighted by molar-refractivity contribution is 7.92. The van der Waals surface area contributed by atoms with E-state index in [2.05, 4.69) is 15.5 Å². The number of halogens is 1. The van der Waals surface area contributed by atoms with E-state index in [1.807, 2.05) is 31.2 Å². The Morgan fingerprint density at radius 1 is 0.973 bits per heavy atom. The Labute approximate surface area is 217 Å². The molecule has 12 heteroatoms. The molecule has 1 N–H and O–H groups in total. The summed E-state index contributed by atoms with van der Waals surface area (Å²) in [6.07, 6.45) is 0. The zero-order valence-corrected chi connectivity index (χ0v) is 21.8. The number of sulfonamides is 1. The van der Waals surface area contributed by atoms with Gasteiger partial charge in [0, 0.05) is 11.6 Å². The van der Waals surface area contributed by atoms with Gasteiger partial charge in [0.1, 0.15) is 17.4 Å². The summed E-state index contributed by atoms with van der Waals surface area (Å²) >= 11 is 1.16. The van der Waals surface area contributed by atoms with Crippen LogP contribution in [0.1, 0.15) is 5.56 Å². The molecule has 1 aromatic heterocycles. The Kier molecular flexibility index (Phi) is 7.69. The summed E-state index contributed by atoms with van der Waals surface area (Å²) in [6, 6.07) is 16.5. The molecule has 0 aliphatic heterocycles. The van der Waals surface area contributed by atoms with Crippen LogP contribution in [-0.4, -0.2) is 45.3 Å². The van der Waals surface area contributed by atoms with Crippen LogP contribution in [0.5, 0.6) is 11.5 Å². The van der Waals surface area contributed by atoms with Crippen molar-refractivity contribution in [3.05, 3.63) is 78.1 Å². The fourth-order valence-electron chi connectivity index (χ4n) is 3.40. The normalized spacial score (nSPS) is 11.1. The molecular weight excluding hydrogens is 519 g/mol. The summed E-state index contributed by atoms with van der Waals surface area (Å²) in [5.41, 5.74) is 2.04. The Morgan fingerprint density at radius 2 is 1.65 bits per heavy atom. The molecule has 0 saturated heterocycles. The number of ether oxygens (including phenoxy) is 2. The van der Waals surface area contributed by atoms with Crippen LogP contribution >= 0.6 is 11.3 Å². The van der Waals surface area contributed by atoms with Gasteiger partial charge in [-0.2, -0.15) is 0 Å². The molecular formula is C25H23FN4O5S2. The molecule has 1 amide bonds. The van der Waals surface area contributed by atoms with Crippen molar-refractivity contribution < 1.29 is 27.1 Å². The summed E-state index contributed by atoms with van der Waals surface area (Å²) in [5, 5.41) is 11.5. The molecule has 0 aliphatic carbocycles. The average Bonchev–Trinajstić information content (AvgIpc) is 3.36. The number of hydrogen-bond donors (Lipinski definition) is 1. The molecule has 9 nitrogen and oxygen atoms in total. The standard InChI is InChI=1S/C25H23FN4O5S2/c1-16-4-6-17(7-5-16)24-28-29-25(36-24)27-23(31)15-30(19-10-8-18(26)9-11-19)37(32,33)20-12-13-21(34-2)22(14-20)35-3/h4-14H,15H2,1-3H3,(H,27,29,31). The van der Waals surface area contributed by atoms with Gasteiger partial charge < -0.3 is 9.47 Å². The van der Waals surface area contributed by atoms with E-state index in [1.165, 1.54) is 44.6 Å². The molecule has 0 atom stereocenters. The largest absolute Gasteiger partial charge is 0.493 e. The Hall–Kier alpha value is -4.03. The number of amides is 1. The van der Waals surface area contributed by atoms with Gasteiger partial charge in [-0.1, -0.05) is 41.2 Å². The van der Waals surface area contributed by atoms with Crippen LogP contribution in [0.25, 0.3) is 10.6 Å². The summed E-state index contributed by atoms with van der Waals surface area (Å²) in [5.74, 6) is -0.660. The van der Waals surface area contributed by atoms with Crippen LogP contribution in [0, 0.1) is 12.7 Å². The number of methoxy groups -OCH3 is 2. The van der Waals surface area contributed by atoms with Gasteiger partial charge in [0.15, 0.2) is 11.5 Å². The van der Waals surface area contributed by atoms with Crippen molar-refractivity contribution in [1.82, 2.24) is 10.2 Å². The summed E-state index contributed by atoms with van der Waals surface area (Å²) < 4.78 is 52.1. The lowest BCUT2D eigenvalue weighted by Gasteiger charge is -2.24. The van der Waals surface area contributed by atoms with E-state index in [1.54, 1.807) is 0 Å². The molecule has 0 aliphatic rings. The Bertz CT molecular complexity index is 1510. The van der Waals surface area contributed by atoms with E-state index in [-0.39, 0.29) is 21.5 Å². The first-order chi connectivity index (χ1) is 17.7. The average molecular weight is 543 g/mol. The number of aromatic nitrogens is 2. The molecule has 0 spiro atoms. The van der Waals surface area contributed by atoms with Crippen molar-refractivity contribution in [2.75, 3.05) is 30.4 Å². The SMILES string of the molecule is COc1ccc(S(=O)(=O)N(CC(=O)Nc2nnc(-c3ccc(C)cc3)s2)c2ccc(F)cc2)cc1OC. The topological polar surface area (TPSA) is 111 Å². The molecule has 37 heavy (non-hydrogen) atoms. The lowest BCUT2D eigenvalue weighted by molar-refractivity contribution is -0.114. The van der Waals surface area contributed by atoms with Crippen molar-refractivity contribution in [3.63, 3.8) is 0 Å². The molecule has 1 heterocycles. The van der Waals surface area contributed by atoms with E-state index in [4.69, 9.17) is 9.47 Å². The van der Waals surface area contributed by atoms with Crippen molar-refractivity contribution in [3.8, 4) is 22.1 Å². The second-order valence-corrected chi connectivity index (χ2v) is 10.7. The van der Waals surface area contributed by atoms with Crippen LogP contribution in [0.2, 0.25) is 0 Å².